The van der Waals surface area contributed by atoms with Crippen LogP contribution in [0.1, 0.15) is 18.4 Å². The molecule has 5 nitrogen and oxygen atoms in total. The van der Waals surface area contributed by atoms with Gasteiger partial charge in [0.25, 0.3) is 0 Å². The molecule has 1 fully saturated rings. The highest BCUT2D eigenvalue weighted by molar-refractivity contribution is 5.78. The van der Waals surface area contributed by atoms with Crippen LogP contribution in [0.5, 0.6) is 5.75 Å². The molecule has 1 aromatic rings. The average molecular weight is 331 g/mol. The van der Waals surface area contributed by atoms with E-state index in [1.54, 1.807) is 0 Å². The molecule has 0 aromatic heterocycles. The van der Waals surface area contributed by atoms with Crippen LogP contribution in [-0.2, 0) is 16.0 Å². The van der Waals surface area contributed by atoms with Gasteiger partial charge in [0.1, 0.15) is 5.75 Å². The molecule has 1 amide bonds. The third-order valence-electron chi connectivity index (χ3n) is 3.67. The largest absolute Gasteiger partial charge is 0.573 e. The number of halogens is 3. The summed E-state index contributed by atoms with van der Waals surface area (Å²) < 4.78 is 39.9. The number of likely N-dealkylation sites (tertiary alicyclic amines) is 1. The second-order valence-corrected chi connectivity index (χ2v) is 5.36. The fraction of sp³-hybridized carbons (Fsp3) is 0.467. The number of aliphatic carboxylic acids is 1. The van der Waals surface area contributed by atoms with Gasteiger partial charge in [-0.1, -0.05) is 12.1 Å². The van der Waals surface area contributed by atoms with Gasteiger partial charge in [-0.05, 0) is 30.5 Å². The fourth-order valence-corrected chi connectivity index (χ4v) is 2.46. The van der Waals surface area contributed by atoms with E-state index in [4.69, 9.17) is 5.11 Å². The molecule has 8 heteroatoms. The first-order valence-corrected chi connectivity index (χ1v) is 7.10. The van der Waals surface area contributed by atoms with Crippen LogP contribution in [0.2, 0.25) is 0 Å². The molecule has 0 aliphatic carbocycles. The Kier molecular flexibility index (Phi) is 5.12. The molecule has 1 aromatic carbocycles. The van der Waals surface area contributed by atoms with Crippen LogP contribution in [0.3, 0.4) is 0 Å². The molecule has 0 saturated carbocycles. The van der Waals surface area contributed by atoms with Crippen LogP contribution < -0.4 is 4.74 Å². The van der Waals surface area contributed by atoms with E-state index in [1.165, 1.54) is 29.2 Å². The molecular weight excluding hydrogens is 315 g/mol. The Morgan fingerprint density at radius 3 is 2.43 bits per heavy atom. The number of ether oxygens (including phenoxy) is 1. The smallest absolute Gasteiger partial charge is 0.481 e. The summed E-state index contributed by atoms with van der Waals surface area (Å²) in [7, 11) is 0. The van der Waals surface area contributed by atoms with Crippen molar-refractivity contribution in [1.29, 1.82) is 0 Å². The fourth-order valence-electron chi connectivity index (χ4n) is 2.46. The minimum atomic E-state index is -4.73. The van der Waals surface area contributed by atoms with Crippen molar-refractivity contribution in [1.82, 2.24) is 4.90 Å². The molecule has 1 N–H and O–H groups in total. The maximum absolute atomic E-state index is 12.0. The molecule has 126 valence electrons. The van der Waals surface area contributed by atoms with Gasteiger partial charge in [0, 0.05) is 19.5 Å². The lowest BCUT2D eigenvalue weighted by Crippen LogP contribution is -2.30. The van der Waals surface area contributed by atoms with Crippen molar-refractivity contribution in [3.8, 4) is 5.75 Å². The highest BCUT2D eigenvalue weighted by atomic mass is 19.4. The van der Waals surface area contributed by atoms with Gasteiger partial charge >= 0.3 is 12.3 Å². The molecule has 0 radical (unpaired) electrons. The first-order chi connectivity index (χ1) is 10.7. The summed E-state index contributed by atoms with van der Waals surface area (Å²) >= 11 is 0. The zero-order valence-corrected chi connectivity index (χ0v) is 12.2. The molecule has 23 heavy (non-hydrogen) atoms. The minimum Gasteiger partial charge on any atom is -0.481 e. The molecule has 1 aliphatic heterocycles. The quantitative estimate of drug-likeness (QED) is 0.900. The van der Waals surface area contributed by atoms with E-state index in [-0.39, 0.29) is 24.6 Å². The Morgan fingerprint density at radius 2 is 1.91 bits per heavy atom. The molecule has 1 atom stereocenters. The number of carbonyl (C=O) groups is 2. The van der Waals surface area contributed by atoms with Gasteiger partial charge in [0.05, 0.1) is 5.92 Å². The standard InChI is InChI=1S/C15H16F3NO4/c16-15(17,18)23-12-4-1-10(2-5-12)3-6-13(20)19-8-7-11(9-19)14(21)22/h1-2,4-5,11H,3,6-9H2,(H,21,22)/t11-/m1/s1. The normalized spacial score (nSPS) is 18.0. The van der Waals surface area contributed by atoms with Crippen molar-refractivity contribution in [2.24, 2.45) is 5.92 Å². The average Bonchev–Trinajstić information content (AvgIpc) is 2.94. The van der Waals surface area contributed by atoms with Crippen LogP contribution in [-0.4, -0.2) is 41.3 Å². The number of carbonyl (C=O) groups excluding carboxylic acids is 1. The second kappa shape index (κ2) is 6.89. The van der Waals surface area contributed by atoms with Crippen molar-refractivity contribution < 1.29 is 32.6 Å². The third kappa shape index (κ3) is 5.15. The minimum absolute atomic E-state index is 0.149. The monoisotopic (exact) mass is 331 g/mol. The maximum Gasteiger partial charge on any atom is 0.573 e. The number of alkyl halides is 3. The summed E-state index contributed by atoms with van der Waals surface area (Å²) in [6.07, 6.45) is -3.72. The molecular formula is C15H16F3NO4. The number of aryl methyl sites for hydroxylation is 1. The number of benzene rings is 1. The van der Waals surface area contributed by atoms with Crippen molar-refractivity contribution >= 4 is 11.9 Å². The van der Waals surface area contributed by atoms with Crippen LogP contribution >= 0.6 is 0 Å². The van der Waals surface area contributed by atoms with Crippen LogP contribution in [0.15, 0.2) is 24.3 Å². The van der Waals surface area contributed by atoms with Gasteiger partial charge in [0.15, 0.2) is 0 Å². The van der Waals surface area contributed by atoms with Gasteiger partial charge in [-0.15, -0.1) is 13.2 Å². The molecule has 2 rings (SSSR count). The first kappa shape index (κ1) is 17.1. The van der Waals surface area contributed by atoms with Crippen LogP contribution in [0, 0.1) is 5.92 Å². The molecule has 1 aliphatic rings. The summed E-state index contributed by atoms with van der Waals surface area (Å²) in [6, 6.07) is 5.34. The lowest BCUT2D eigenvalue weighted by molar-refractivity contribution is -0.274. The summed E-state index contributed by atoms with van der Waals surface area (Å²) in [6.45, 7) is 0.640. The van der Waals surface area contributed by atoms with Crippen LogP contribution in [0.4, 0.5) is 13.2 Å². The lowest BCUT2D eigenvalue weighted by atomic mass is 10.1. The predicted molar refractivity (Wildman–Crippen MR) is 73.8 cm³/mol. The van der Waals surface area contributed by atoms with Gasteiger partial charge < -0.3 is 14.7 Å². The van der Waals surface area contributed by atoms with Crippen molar-refractivity contribution in [3.05, 3.63) is 29.8 Å². The van der Waals surface area contributed by atoms with Gasteiger partial charge in [0.2, 0.25) is 5.91 Å². The maximum atomic E-state index is 12.0. The number of hydrogen-bond acceptors (Lipinski definition) is 3. The predicted octanol–water partition coefficient (Wildman–Crippen LogP) is 2.45. The summed E-state index contributed by atoms with van der Waals surface area (Å²) in [5.41, 5.74) is 0.710. The number of nitrogens with zero attached hydrogens (tertiary/aromatic N) is 1. The number of rotatable bonds is 5. The third-order valence-corrected chi connectivity index (χ3v) is 3.67. The van der Waals surface area contributed by atoms with E-state index in [0.29, 0.717) is 24.9 Å². The second-order valence-electron chi connectivity index (χ2n) is 5.36. The zero-order valence-electron chi connectivity index (χ0n) is 12.2. The molecule has 0 bridgehead atoms. The van der Waals surface area contributed by atoms with E-state index >= 15 is 0 Å². The molecule has 1 heterocycles. The van der Waals surface area contributed by atoms with E-state index in [2.05, 4.69) is 4.74 Å². The molecule has 1 saturated heterocycles. The number of hydrogen-bond donors (Lipinski definition) is 1. The number of amides is 1. The topological polar surface area (TPSA) is 66.8 Å². The highest BCUT2D eigenvalue weighted by Gasteiger charge is 2.31. The van der Waals surface area contributed by atoms with E-state index < -0.39 is 18.2 Å². The summed E-state index contributed by atoms with van der Waals surface area (Å²) in [5, 5.41) is 8.90. The number of carboxylic acid groups (broad SMARTS) is 1. The summed E-state index contributed by atoms with van der Waals surface area (Å²) in [4.78, 5) is 24.4. The molecule has 0 spiro atoms. The van der Waals surface area contributed by atoms with E-state index in [0.717, 1.165) is 0 Å². The summed E-state index contributed by atoms with van der Waals surface area (Å²) in [5.74, 6) is -1.88. The number of carboxylic acids is 1. The van der Waals surface area contributed by atoms with Gasteiger partial charge in [-0.25, -0.2) is 0 Å². The van der Waals surface area contributed by atoms with Crippen molar-refractivity contribution in [3.63, 3.8) is 0 Å². The van der Waals surface area contributed by atoms with Gasteiger partial charge in [-0.3, -0.25) is 9.59 Å². The SMILES string of the molecule is O=C(O)[C@@H]1CCN(C(=O)CCc2ccc(OC(F)(F)F)cc2)C1. The Morgan fingerprint density at radius 1 is 1.26 bits per heavy atom. The van der Waals surface area contributed by atoms with Crippen LogP contribution in [0.25, 0.3) is 0 Å². The Hall–Kier alpha value is -2.25. The van der Waals surface area contributed by atoms with E-state index in [9.17, 15) is 22.8 Å². The first-order valence-electron chi connectivity index (χ1n) is 7.10. The zero-order chi connectivity index (χ0) is 17.0. The lowest BCUT2D eigenvalue weighted by Gasteiger charge is -2.15. The van der Waals surface area contributed by atoms with Crippen molar-refractivity contribution in [2.75, 3.05) is 13.1 Å². The molecule has 0 unspecified atom stereocenters. The Balaban J connectivity index is 1.82. The van der Waals surface area contributed by atoms with Gasteiger partial charge in [-0.2, -0.15) is 0 Å². The Bertz CT molecular complexity index is 571. The Labute approximate surface area is 130 Å². The van der Waals surface area contributed by atoms with E-state index in [1.807, 2.05) is 0 Å². The van der Waals surface area contributed by atoms with Crippen molar-refractivity contribution in [2.45, 2.75) is 25.6 Å². The highest BCUT2D eigenvalue weighted by Crippen LogP contribution is 2.23.